The van der Waals surface area contributed by atoms with Crippen LogP contribution in [0.4, 0.5) is 4.79 Å². The van der Waals surface area contributed by atoms with Crippen LogP contribution in [0.1, 0.15) is 82.3 Å². The molecule has 1 aromatic rings. The van der Waals surface area contributed by atoms with Gasteiger partial charge in [0, 0.05) is 31.2 Å². The second kappa shape index (κ2) is 10.2. The van der Waals surface area contributed by atoms with Crippen molar-refractivity contribution in [1.82, 2.24) is 15.1 Å². The smallest absolute Gasteiger partial charge is 0.317 e. The third-order valence-corrected chi connectivity index (χ3v) is 10.4. The summed E-state index contributed by atoms with van der Waals surface area (Å²) in [7, 11) is 1.77. The van der Waals surface area contributed by atoms with E-state index in [1.807, 2.05) is 0 Å². The molecule has 0 aromatic heterocycles. The Labute approximate surface area is 218 Å². The highest BCUT2D eigenvalue weighted by atomic mass is 16.5. The van der Waals surface area contributed by atoms with Crippen LogP contribution < -0.4 is 10.1 Å². The van der Waals surface area contributed by atoms with E-state index in [1.165, 1.54) is 82.0 Å². The molecule has 1 aliphatic heterocycles. The van der Waals surface area contributed by atoms with Gasteiger partial charge in [0.1, 0.15) is 5.75 Å². The van der Waals surface area contributed by atoms with Crippen molar-refractivity contribution >= 4 is 6.03 Å². The van der Waals surface area contributed by atoms with Gasteiger partial charge in [0.15, 0.2) is 0 Å². The number of hydrogen-bond acceptors (Lipinski definition) is 3. The molecule has 1 saturated heterocycles. The minimum atomic E-state index is 0.126. The molecule has 1 aromatic carbocycles. The van der Waals surface area contributed by atoms with Crippen LogP contribution in [0.3, 0.4) is 0 Å². The number of piperidine rings is 1. The summed E-state index contributed by atoms with van der Waals surface area (Å²) < 4.78 is 5.50. The number of rotatable bonds is 7. The summed E-state index contributed by atoms with van der Waals surface area (Å²) >= 11 is 0. The minimum Gasteiger partial charge on any atom is -0.497 e. The molecular formula is C31H47N3O2. The van der Waals surface area contributed by atoms with E-state index in [1.54, 1.807) is 7.11 Å². The number of benzene rings is 1. The van der Waals surface area contributed by atoms with E-state index in [2.05, 4.69) is 40.2 Å². The number of urea groups is 1. The number of likely N-dealkylation sites (tertiary alicyclic amines) is 1. The lowest BCUT2D eigenvalue weighted by molar-refractivity contribution is -0.0163. The normalized spacial score (nSPS) is 33.6. The molecule has 198 valence electrons. The van der Waals surface area contributed by atoms with Crippen LogP contribution in [0, 0.1) is 23.7 Å². The van der Waals surface area contributed by atoms with Gasteiger partial charge in [-0.15, -0.1) is 0 Å². The zero-order valence-electron chi connectivity index (χ0n) is 22.6. The van der Waals surface area contributed by atoms with Gasteiger partial charge in [-0.2, -0.15) is 0 Å². The summed E-state index contributed by atoms with van der Waals surface area (Å²) in [5.74, 6) is 4.31. The summed E-state index contributed by atoms with van der Waals surface area (Å²) in [6.07, 6.45) is 15.1. The Balaban J connectivity index is 1.02. The van der Waals surface area contributed by atoms with Gasteiger partial charge in [-0.05, 0) is 131 Å². The van der Waals surface area contributed by atoms with Gasteiger partial charge in [0.2, 0.25) is 0 Å². The maximum atomic E-state index is 13.3. The fraction of sp³-hybridized carbons (Fsp3) is 0.774. The molecule has 5 fully saturated rings. The summed E-state index contributed by atoms with van der Waals surface area (Å²) in [6.45, 7) is 6.52. The fourth-order valence-electron chi connectivity index (χ4n) is 9.08. The summed E-state index contributed by atoms with van der Waals surface area (Å²) in [5.41, 5.74) is 3.10. The lowest BCUT2D eigenvalue weighted by atomic mass is 9.53. The average Bonchev–Trinajstić information content (AvgIpc) is 2.87. The van der Waals surface area contributed by atoms with Crippen molar-refractivity contribution in [1.29, 1.82) is 0 Å². The highest BCUT2D eigenvalue weighted by Gasteiger charge is 2.52. The first-order chi connectivity index (χ1) is 17.5. The molecule has 4 bridgehead atoms. The highest BCUT2D eigenvalue weighted by molar-refractivity contribution is 5.75. The topological polar surface area (TPSA) is 44.8 Å². The summed E-state index contributed by atoms with van der Waals surface area (Å²) in [4.78, 5) is 18.2. The van der Waals surface area contributed by atoms with Crippen LogP contribution in [0.5, 0.6) is 5.75 Å². The molecular weight excluding hydrogens is 446 g/mol. The second-order valence-electron chi connectivity index (χ2n) is 13.1. The van der Waals surface area contributed by atoms with Crippen LogP contribution in [0.15, 0.2) is 18.2 Å². The number of methoxy groups -OCH3 is 1. The predicted molar refractivity (Wildman–Crippen MR) is 144 cm³/mol. The van der Waals surface area contributed by atoms with Crippen LogP contribution in [0.2, 0.25) is 0 Å². The van der Waals surface area contributed by atoms with Crippen molar-refractivity contribution < 1.29 is 9.53 Å². The van der Waals surface area contributed by atoms with E-state index in [9.17, 15) is 4.79 Å². The Kier molecular flexibility index (Phi) is 6.96. The number of aryl methyl sites for hydroxylation is 1. The first-order valence-electron chi connectivity index (χ1n) is 15.0. The molecule has 1 atom stereocenters. The second-order valence-corrected chi connectivity index (χ2v) is 13.1. The Morgan fingerprint density at radius 3 is 2.39 bits per heavy atom. The molecule has 5 heteroatoms. The van der Waals surface area contributed by atoms with Crippen LogP contribution >= 0.6 is 0 Å². The van der Waals surface area contributed by atoms with Gasteiger partial charge < -0.3 is 15.0 Å². The maximum Gasteiger partial charge on any atom is 0.317 e. The van der Waals surface area contributed by atoms with Crippen LogP contribution in [-0.2, 0) is 12.8 Å². The van der Waals surface area contributed by atoms with Crippen molar-refractivity contribution in [3.63, 3.8) is 0 Å². The molecule has 0 spiro atoms. The standard InChI is InChI=1S/C31H47N3O2/c1-3-10-34(28-6-4-26-5-7-29(36-2)17-27(26)16-28)21-22-8-11-33(12-9-22)30(35)32-31-18-23-13-24(19-31)15-25(14-23)20-31/h5,7,17,22-25,28H,3-4,6,8-16,18-21H2,1-2H3,(H,32,35). The van der Waals surface area contributed by atoms with Gasteiger partial charge in [0.05, 0.1) is 7.11 Å². The zero-order chi connectivity index (χ0) is 24.7. The van der Waals surface area contributed by atoms with Crippen LogP contribution in [0.25, 0.3) is 0 Å². The number of nitrogens with one attached hydrogen (secondary N) is 1. The molecule has 0 radical (unpaired) electrons. The lowest BCUT2D eigenvalue weighted by Gasteiger charge is -2.57. The number of nitrogens with zero attached hydrogens (tertiary/aromatic N) is 2. The quantitative estimate of drug-likeness (QED) is 0.533. The van der Waals surface area contributed by atoms with E-state index in [0.717, 1.165) is 55.9 Å². The maximum absolute atomic E-state index is 13.3. The Morgan fingerprint density at radius 1 is 1.06 bits per heavy atom. The number of carbonyl (C=O) groups excluding carboxylic acids is 1. The predicted octanol–water partition coefficient (Wildman–Crippen LogP) is 5.65. The average molecular weight is 494 g/mol. The Bertz CT molecular complexity index is 902. The zero-order valence-corrected chi connectivity index (χ0v) is 22.6. The highest BCUT2D eigenvalue weighted by Crippen LogP contribution is 2.55. The molecule has 36 heavy (non-hydrogen) atoms. The molecule has 4 saturated carbocycles. The fourth-order valence-corrected chi connectivity index (χ4v) is 9.08. The lowest BCUT2D eigenvalue weighted by Crippen LogP contribution is -2.62. The van der Waals surface area contributed by atoms with Crippen molar-refractivity contribution in [3.8, 4) is 5.75 Å². The van der Waals surface area contributed by atoms with E-state index in [0.29, 0.717) is 12.0 Å². The number of hydrogen-bond donors (Lipinski definition) is 1. The van der Waals surface area contributed by atoms with Crippen molar-refractivity contribution in [2.24, 2.45) is 23.7 Å². The molecule has 1 N–H and O–H groups in total. The van der Waals surface area contributed by atoms with Crippen molar-refractivity contribution in [3.05, 3.63) is 29.3 Å². The molecule has 7 rings (SSSR count). The van der Waals surface area contributed by atoms with Crippen molar-refractivity contribution in [2.75, 3.05) is 33.3 Å². The van der Waals surface area contributed by atoms with Gasteiger partial charge in [0.25, 0.3) is 0 Å². The number of carbonyl (C=O) groups is 1. The summed E-state index contributed by atoms with van der Waals surface area (Å²) in [6, 6.07) is 7.49. The Hall–Kier alpha value is -1.75. The number of ether oxygens (including phenoxy) is 1. The first-order valence-corrected chi connectivity index (χ1v) is 15.0. The van der Waals surface area contributed by atoms with Gasteiger partial charge in [-0.3, -0.25) is 4.90 Å². The third kappa shape index (κ3) is 5.01. The summed E-state index contributed by atoms with van der Waals surface area (Å²) in [5, 5.41) is 3.61. The number of fused-ring (bicyclic) bond motifs is 1. The van der Waals surface area contributed by atoms with E-state index >= 15 is 0 Å². The molecule has 5 nitrogen and oxygen atoms in total. The minimum absolute atomic E-state index is 0.126. The van der Waals surface area contributed by atoms with Crippen molar-refractivity contribution in [2.45, 2.75) is 95.6 Å². The number of amides is 2. The largest absolute Gasteiger partial charge is 0.497 e. The molecule has 2 amide bonds. The van der Waals surface area contributed by atoms with E-state index in [-0.39, 0.29) is 11.6 Å². The van der Waals surface area contributed by atoms with E-state index in [4.69, 9.17) is 4.74 Å². The van der Waals surface area contributed by atoms with E-state index < -0.39 is 0 Å². The third-order valence-electron chi connectivity index (χ3n) is 10.4. The van der Waals surface area contributed by atoms with Gasteiger partial charge >= 0.3 is 6.03 Å². The first kappa shape index (κ1) is 24.6. The SMILES string of the molecule is CCCN(CC1CCN(C(=O)NC23CC4CC(CC(C4)C2)C3)CC1)C1CCc2ccc(OC)cc2C1. The Morgan fingerprint density at radius 2 is 1.75 bits per heavy atom. The van der Waals surface area contributed by atoms with Crippen LogP contribution in [-0.4, -0.2) is 60.7 Å². The van der Waals surface area contributed by atoms with Gasteiger partial charge in [-0.25, -0.2) is 4.79 Å². The molecule has 5 aliphatic carbocycles. The molecule has 1 unspecified atom stereocenters. The molecule has 1 heterocycles. The molecule has 6 aliphatic rings. The monoisotopic (exact) mass is 493 g/mol. The van der Waals surface area contributed by atoms with Gasteiger partial charge in [-0.1, -0.05) is 13.0 Å².